The molecule has 3 aromatic carbocycles. The molecule has 178 valence electrons. The van der Waals surface area contributed by atoms with Crippen molar-refractivity contribution in [1.82, 2.24) is 5.32 Å². The highest BCUT2D eigenvalue weighted by molar-refractivity contribution is 7.92. The summed E-state index contributed by atoms with van der Waals surface area (Å²) in [7, 11) is -3.74. The minimum absolute atomic E-state index is 0.101. The van der Waals surface area contributed by atoms with Gasteiger partial charge in [0.2, 0.25) is 10.0 Å². The third-order valence-electron chi connectivity index (χ3n) is 5.56. The van der Waals surface area contributed by atoms with Gasteiger partial charge in [0.1, 0.15) is 18.1 Å². The van der Waals surface area contributed by atoms with Crippen LogP contribution in [0.5, 0.6) is 11.5 Å². The molecule has 1 unspecified atom stereocenters. The second kappa shape index (κ2) is 10.2. The quantitative estimate of drug-likeness (QED) is 0.498. The Hall–Kier alpha value is -3.52. The fourth-order valence-electron chi connectivity index (χ4n) is 3.78. The Kier molecular flexibility index (Phi) is 7.07. The van der Waals surface area contributed by atoms with Crippen LogP contribution in [-0.4, -0.2) is 40.1 Å². The number of para-hydroxylation sites is 2. The van der Waals surface area contributed by atoms with Crippen molar-refractivity contribution in [3.05, 3.63) is 89.5 Å². The van der Waals surface area contributed by atoms with Gasteiger partial charge in [0.05, 0.1) is 24.5 Å². The van der Waals surface area contributed by atoms with Crippen LogP contribution in [0.4, 0.5) is 5.69 Å². The first-order valence-corrected chi connectivity index (χ1v) is 12.7. The topological polar surface area (TPSA) is 84.9 Å². The monoisotopic (exact) mass is 480 g/mol. The molecule has 8 heteroatoms. The van der Waals surface area contributed by atoms with Gasteiger partial charge in [0.15, 0.2) is 6.10 Å². The molecule has 0 bridgehead atoms. The van der Waals surface area contributed by atoms with E-state index in [0.29, 0.717) is 17.0 Å². The average molecular weight is 481 g/mol. The van der Waals surface area contributed by atoms with Crippen LogP contribution >= 0.6 is 0 Å². The summed E-state index contributed by atoms with van der Waals surface area (Å²) < 4.78 is 39.5. The van der Waals surface area contributed by atoms with Crippen LogP contribution in [0.25, 0.3) is 0 Å². The lowest BCUT2D eigenvalue weighted by Gasteiger charge is -2.34. The van der Waals surface area contributed by atoms with E-state index < -0.39 is 16.1 Å². The van der Waals surface area contributed by atoms with Gasteiger partial charge in [-0.1, -0.05) is 54.6 Å². The Morgan fingerprint density at radius 3 is 2.59 bits per heavy atom. The fraction of sp³-hybridized carbons (Fsp3) is 0.269. The zero-order valence-electron chi connectivity index (χ0n) is 19.2. The third-order valence-corrected chi connectivity index (χ3v) is 7.27. The number of fused-ring (bicyclic) bond motifs is 1. The number of ether oxygens (including phenoxy) is 2. The number of rotatable bonds is 8. The molecule has 0 saturated heterocycles. The summed E-state index contributed by atoms with van der Waals surface area (Å²) in [5.41, 5.74) is 3.22. The maximum absolute atomic E-state index is 13.3. The molecule has 1 aliphatic rings. The van der Waals surface area contributed by atoms with E-state index >= 15 is 0 Å². The minimum Gasteiger partial charge on any atom is -0.491 e. The van der Waals surface area contributed by atoms with Crippen molar-refractivity contribution in [3.63, 3.8) is 0 Å². The normalized spacial score (nSPS) is 15.2. The van der Waals surface area contributed by atoms with Crippen LogP contribution in [0.2, 0.25) is 0 Å². The molecule has 0 fully saturated rings. The SMILES string of the molecule is Cc1ccc(C)c(OCCNC(=O)C2CN(S(=O)(=O)Cc3ccccc3)c3ccccc3O2)c1. The lowest BCUT2D eigenvalue weighted by molar-refractivity contribution is -0.127. The summed E-state index contributed by atoms with van der Waals surface area (Å²) in [5.74, 6) is 0.576. The molecule has 34 heavy (non-hydrogen) atoms. The van der Waals surface area contributed by atoms with E-state index in [2.05, 4.69) is 5.32 Å². The lowest BCUT2D eigenvalue weighted by atomic mass is 10.1. The molecule has 1 atom stereocenters. The summed E-state index contributed by atoms with van der Waals surface area (Å²) in [6, 6.07) is 21.8. The van der Waals surface area contributed by atoms with Crippen LogP contribution in [0.3, 0.4) is 0 Å². The Bertz CT molecular complexity index is 1260. The third kappa shape index (κ3) is 5.51. The number of nitrogens with one attached hydrogen (secondary N) is 1. The minimum atomic E-state index is -3.74. The molecule has 0 spiro atoms. The Balaban J connectivity index is 1.42. The molecule has 0 saturated carbocycles. The van der Waals surface area contributed by atoms with Crippen LogP contribution in [0.15, 0.2) is 72.8 Å². The molecule has 0 aromatic heterocycles. The van der Waals surface area contributed by atoms with Crippen LogP contribution in [-0.2, 0) is 20.6 Å². The van der Waals surface area contributed by atoms with E-state index in [0.717, 1.165) is 16.9 Å². The second-order valence-corrected chi connectivity index (χ2v) is 10.1. The molecule has 7 nitrogen and oxygen atoms in total. The first-order valence-electron chi connectivity index (χ1n) is 11.1. The largest absolute Gasteiger partial charge is 0.491 e. The Labute approximate surface area is 200 Å². The summed E-state index contributed by atoms with van der Waals surface area (Å²) in [4.78, 5) is 12.9. The van der Waals surface area contributed by atoms with E-state index in [-0.39, 0.29) is 31.4 Å². The van der Waals surface area contributed by atoms with Crippen molar-refractivity contribution in [1.29, 1.82) is 0 Å². The zero-order chi connectivity index (χ0) is 24.1. The predicted octanol–water partition coefficient (Wildman–Crippen LogP) is 3.60. The summed E-state index contributed by atoms with van der Waals surface area (Å²) in [5, 5.41) is 2.80. The van der Waals surface area contributed by atoms with Gasteiger partial charge in [0, 0.05) is 0 Å². The van der Waals surface area contributed by atoms with Gasteiger partial charge in [-0.3, -0.25) is 9.10 Å². The molecule has 0 aliphatic carbocycles. The van der Waals surface area contributed by atoms with Gasteiger partial charge in [0.25, 0.3) is 5.91 Å². The average Bonchev–Trinajstić information content (AvgIpc) is 2.83. The maximum Gasteiger partial charge on any atom is 0.263 e. The zero-order valence-corrected chi connectivity index (χ0v) is 20.0. The number of carbonyl (C=O) groups excluding carboxylic acids is 1. The number of nitrogens with zero attached hydrogens (tertiary/aromatic N) is 1. The Morgan fingerprint density at radius 2 is 1.79 bits per heavy atom. The van der Waals surface area contributed by atoms with Crippen molar-refractivity contribution < 1.29 is 22.7 Å². The molecular formula is C26H28N2O5S. The summed E-state index contributed by atoms with van der Waals surface area (Å²) in [6.07, 6.45) is -0.971. The number of carbonyl (C=O) groups is 1. The number of amides is 1. The van der Waals surface area contributed by atoms with Crippen molar-refractivity contribution >= 4 is 21.6 Å². The van der Waals surface area contributed by atoms with Crippen molar-refractivity contribution in [2.75, 3.05) is 24.0 Å². The van der Waals surface area contributed by atoms with Gasteiger partial charge < -0.3 is 14.8 Å². The van der Waals surface area contributed by atoms with E-state index in [9.17, 15) is 13.2 Å². The van der Waals surface area contributed by atoms with Gasteiger partial charge >= 0.3 is 0 Å². The number of aryl methyl sites for hydroxylation is 2. The maximum atomic E-state index is 13.3. The molecule has 1 aliphatic heterocycles. The standard InChI is InChI=1S/C26H28N2O5S/c1-19-12-13-20(2)24(16-19)32-15-14-27-26(29)25-17-28(22-10-6-7-11-23(22)33-25)34(30,31)18-21-8-4-3-5-9-21/h3-13,16,25H,14-15,17-18H2,1-2H3,(H,27,29). The molecular weight excluding hydrogens is 452 g/mol. The first-order chi connectivity index (χ1) is 16.3. The van der Waals surface area contributed by atoms with E-state index in [1.165, 1.54) is 4.31 Å². The van der Waals surface area contributed by atoms with Crippen molar-refractivity contribution in [2.45, 2.75) is 25.7 Å². The molecule has 3 aromatic rings. The van der Waals surface area contributed by atoms with Gasteiger partial charge in [-0.15, -0.1) is 0 Å². The van der Waals surface area contributed by atoms with E-state index in [1.54, 1.807) is 48.5 Å². The highest BCUT2D eigenvalue weighted by atomic mass is 32.2. The van der Waals surface area contributed by atoms with Crippen molar-refractivity contribution in [2.24, 2.45) is 0 Å². The smallest absolute Gasteiger partial charge is 0.263 e. The number of benzene rings is 3. The second-order valence-electron chi connectivity index (χ2n) is 8.26. The number of anilines is 1. The van der Waals surface area contributed by atoms with Crippen LogP contribution < -0.4 is 19.1 Å². The Morgan fingerprint density at radius 1 is 1.06 bits per heavy atom. The molecule has 0 radical (unpaired) electrons. The molecule has 1 amide bonds. The lowest BCUT2D eigenvalue weighted by Crippen LogP contribution is -2.51. The van der Waals surface area contributed by atoms with Crippen LogP contribution in [0.1, 0.15) is 16.7 Å². The molecule has 1 N–H and O–H groups in total. The summed E-state index contributed by atoms with van der Waals surface area (Å²) >= 11 is 0. The highest BCUT2D eigenvalue weighted by Gasteiger charge is 2.36. The molecule has 4 rings (SSSR count). The number of hydrogen-bond acceptors (Lipinski definition) is 5. The van der Waals surface area contributed by atoms with Crippen molar-refractivity contribution in [3.8, 4) is 11.5 Å². The first kappa shape index (κ1) is 23.6. The van der Waals surface area contributed by atoms with Gasteiger partial charge in [-0.2, -0.15) is 0 Å². The van der Waals surface area contributed by atoms with E-state index in [1.807, 2.05) is 38.1 Å². The van der Waals surface area contributed by atoms with Gasteiger partial charge in [-0.25, -0.2) is 8.42 Å². The highest BCUT2D eigenvalue weighted by Crippen LogP contribution is 2.35. The summed E-state index contributed by atoms with van der Waals surface area (Å²) in [6.45, 7) is 4.41. The van der Waals surface area contributed by atoms with Gasteiger partial charge in [-0.05, 0) is 48.7 Å². The van der Waals surface area contributed by atoms with E-state index in [4.69, 9.17) is 9.47 Å². The number of sulfonamides is 1. The number of hydrogen-bond donors (Lipinski definition) is 1. The van der Waals surface area contributed by atoms with Crippen LogP contribution in [0, 0.1) is 13.8 Å². The fourth-order valence-corrected chi connectivity index (χ4v) is 5.36. The predicted molar refractivity (Wildman–Crippen MR) is 132 cm³/mol. The molecule has 1 heterocycles.